The van der Waals surface area contributed by atoms with Crippen molar-refractivity contribution in [2.45, 2.75) is 33.0 Å². The minimum absolute atomic E-state index is 0.0986. The standard InChI is InChI=1S/C12H25NO5/c1-4-17-12(15)8-13-7-11(14)9-16-5-6-18-10(2)3/h10-11,13-14H,4-9H2,1-3H3. The molecule has 0 aliphatic carbocycles. The molecule has 0 heterocycles. The molecular formula is C12H25NO5. The largest absolute Gasteiger partial charge is 0.465 e. The van der Waals surface area contributed by atoms with E-state index in [1.54, 1.807) is 6.92 Å². The zero-order valence-corrected chi connectivity index (χ0v) is 11.5. The quantitative estimate of drug-likeness (QED) is 0.402. The zero-order valence-electron chi connectivity index (χ0n) is 11.5. The van der Waals surface area contributed by atoms with Gasteiger partial charge in [0.15, 0.2) is 0 Å². The monoisotopic (exact) mass is 263 g/mol. The minimum atomic E-state index is -0.640. The smallest absolute Gasteiger partial charge is 0.319 e. The topological polar surface area (TPSA) is 77.0 Å². The molecule has 0 aliphatic heterocycles. The van der Waals surface area contributed by atoms with Crippen LogP contribution in [-0.2, 0) is 19.0 Å². The Balaban J connectivity index is 3.32. The van der Waals surface area contributed by atoms with Crippen LogP contribution in [0.15, 0.2) is 0 Å². The summed E-state index contributed by atoms with van der Waals surface area (Å²) in [6.45, 7) is 7.60. The maximum atomic E-state index is 11.0. The second-order valence-electron chi connectivity index (χ2n) is 4.08. The Kier molecular flexibility index (Phi) is 11.0. The van der Waals surface area contributed by atoms with Crippen LogP contribution in [0.1, 0.15) is 20.8 Å². The first kappa shape index (κ1) is 17.3. The lowest BCUT2D eigenvalue weighted by molar-refractivity contribution is -0.142. The highest BCUT2D eigenvalue weighted by Crippen LogP contribution is 1.89. The van der Waals surface area contributed by atoms with Gasteiger partial charge in [-0.15, -0.1) is 0 Å². The van der Waals surface area contributed by atoms with Crippen LogP contribution in [0, 0.1) is 0 Å². The van der Waals surface area contributed by atoms with Crippen molar-refractivity contribution in [3.05, 3.63) is 0 Å². The SMILES string of the molecule is CCOC(=O)CNCC(O)COCCOC(C)C. The van der Waals surface area contributed by atoms with Gasteiger partial charge < -0.3 is 24.6 Å². The van der Waals surface area contributed by atoms with E-state index in [1.807, 2.05) is 13.8 Å². The Morgan fingerprint density at radius 2 is 2.06 bits per heavy atom. The van der Waals surface area contributed by atoms with Crippen molar-refractivity contribution in [1.29, 1.82) is 0 Å². The van der Waals surface area contributed by atoms with E-state index in [0.717, 1.165) is 0 Å². The third-order valence-electron chi connectivity index (χ3n) is 1.94. The number of carbonyl (C=O) groups is 1. The Morgan fingerprint density at radius 1 is 1.33 bits per heavy atom. The number of ether oxygens (including phenoxy) is 3. The number of aliphatic hydroxyl groups excluding tert-OH is 1. The number of aliphatic hydroxyl groups is 1. The summed E-state index contributed by atoms with van der Waals surface area (Å²) in [6, 6.07) is 0. The number of rotatable bonds is 11. The minimum Gasteiger partial charge on any atom is -0.465 e. The second-order valence-corrected chi connectivity index (χ2v) is 4.08. The molecular weight excluding hydrogens is 238 g/mol. The Hall–Kier alpha value is -0.690. The first-order valence-electron chi connectivity index (χ1n) is 6.30. The number of hydrogen-bond donors (Lipinski definition) is 2. The second kappa shape index (κ2) is 11.4. The molecule has 1 unspecified atom stereocenters. The molecule has 0 fully saturated rings. The molecule has 0 aliphatic rings. The maximum absolute atomic E-state index is 11.0. The molecule has 0 bridgehead atoms. The predicted octanol–water partition coefficient (Wildman–Crippen LogP) is -0.0584. The summed E-state index contributed by atoms with van der Waals surface area (Å²) in [5.74, 6) is -0.323. The van der Waals surface area contributed by atoms with E-state index in [1.165, 1.54) is 0 Å². The first-order valence-corrected chi connectivity index (χ1v) is 6.30. The number of esters is 1. The van der Waals surface area contributed by atoms with E-state index in [0.29, 0.717) is 26.4 Å². The van der Waals surface area contributed by atoms with Crippen LogP contribution in [0.2, 0.25) is 0 Å². The molecule has 1 atom stereocenters. The van der Waals surface area contributed by atoms with E-state index in [4.69, 9.17) is 14.2 Å². The van der Waals surface area contributed by atoms with E-state index in [9.17, 15) is 9.90 Å². The van der Waals surface area contributed by atoms with Crippen LogP contribution in [0.25, 0.3) is 0 Å². The average molecular weight is 263 g/mol. The first-order chi connectivity index (χ1) is 8.56. The normalized spacial score (nSPS) is 12.7. The maximum Gasteiger partial charge on any atom is 0.319 e. The van der Waals surface area contributed by atoms with Crippen molar-refractivity contribution in [3.8, 4) is 0 Å². The number of nitrogens with one attached hydrogen (secondary N) is 1. The molecule has 6 nitrogen and oxygen atoms in total. The molecule has 0 radical (unpaired) electrons. The highest BCUT2D eigenvalue weighted by atomic mass is 16.5. The van der Waals surface area contributed by atoms with Gasteiger partial charge in [-0.2, -0.15) is 0 Å². The molecule has 0 saturated heterocycles. The molecule has 0 rings (SSSR count). The lowest BCUT2D eigenvalue weighted by Crippen LogP contribution is -2.34. The van der Waals surface area contributed by atoms with Crippen LogP contribution in [-0.4, -0.2) is 62.8 Å². The molecule has 108 valence electrons. The molecule has 0 spiro atoms. The van der Waals surface area contributed by atoms with Gasteiger partial charge in [0, 0.05) is 6.54 Å². The van der Waals surface area contributed by atoms with Gasteiger partial charge in [0.1, 0.15) is 0 Å². The summed E-state index contributed by atoms with van der Waals surface area (Å²) in [4.78, 5) is 11.0. The highest BCUT2D eigenvalue weighted by molar-refractivity contribution is 5.71. The predicted molar refractivity (Wildman–Crippen MR) is 67.4 cm³/mol. The highest BCUT2D eigenvalue weighted by Gasteiger charge is 2.06. The van der Waals surface area contributed by atoms with Gasteiger partial charge in [0.05, 0.1) is 45.2 Å². The number of carbonyl (C=O) groups excluding carboxylic acids is 1. The molecule has 0 aromatic carbocycles. The van der Waals surface area contributed by atoms with Crippen LogP contribution in [0.5, 0.6) is 0 Å². The van der Waals surface area contributed by atoms with E-state index in [2.05, 4.69) is 5.32 Å². The summed E-state index contributed by atoms with van der Waals surface area (Å²) < 4.78 is 15.2. The van der Waals surface area contributed by atoms with Crippen LogP contribution in [0.4, 0.5) is 0 Å². The molecule has 18 heavy (non-hydrogen) atoms. The van der Waals surface area contributed by atoms with Gasteiger partial charge in [0.2, 0.25) is 0 Å². The van der Waals surface area contributed by atoms with Gasteiger partial charge in [-0.1, -0.05) is 0 Å². The van der Waals surface area contributed by atoms with Crippen molar-refractivity contribution in [3.63, 3.8) is 0 Å². The fourth-order valence-electron chi connectivity index (χ4n) is 1.17. The van der Waals surface area contributed by atoms with E-state index in [-0.39, 0.29) is 25.2 Å². The van der Waals surface area contributed by atoms with Crippen molar-refractivity contribution in [2.75, 3.05) is 39.5 Å². The van der Waals surface area contributed by atoms with Crippen LogP contribution >= 0.6 is 0 Å². The third kappa shape index (κ3) is 11.8. The lowest BCUT2D eigenvalue weighted by Gasteiger charge is -2.13. The summed E-state index contributed by atoms with van der Waals surface area (Å²) in [5.41, 5.74) is 0. The van der Waals surface area contributed by atoms with Crippen LogP contribution in [0.3, 0.4) is 0 Å². The van der Waals surface area contributed by atoms with Crippen LogP contribution < -0.4 is 5.32 Å². The lowest BCUT2D eigenvalue weighted by atomic mass is 10.4. The molecule has 2 N–H and O–H groups in total. The third-order valence-corrected chi connectivity index (χ3v) is 1.94. The molecule has 6 heteroatoms. The van der Waals surface area contributed by atoms with Gasteiger partial charge in [-0.25, -0.2) is 0 Å². The van der Waals surface area contributed by atoms with E-state index < -0.39 is 6.10 Å². The summed E-state index contributed by atoms with van der Waals surface area (Å²) in [6.07, 6.45) is -0.455. The Morgan fingerprint density at radius 3 is 2.67 bits per heavy atom. The van der Waals surface area contributed by atoms with Gasteiger partial charge >= 0.3 is 5.97 Å². The summed E-state index contributed by atoms with van der Waals surface area (Å²) in [7, 11) is 0. The average Bonchev–Trinajstić information content (AvgIpc) is 2.28. The fraction of sp³-hybridized carbons (Fsp3) is 0.917. The number of hydrogen-bond acceptors (Lipinski definition) is 6. The Labute approximate surface area is 109 Å². The zero-order chi connectivity index (χ0) is 13.8. The molecule has 0 amide bonds. The van der Waals surface area contributed by atoms with Gasteiger partial charge in [0.25, 0.3) is 0 Å². The van der Waals surface area contributed by atoms with Crippen molar-refractivity contribution < 1.29 is 24.1 Å². The summed E-state index contributed by atoms with van der Waals surface area (Å²) in [5, 5.41) is 12.3. The van der Waals surface area contributed by atoms with Crippen molar-refractivity contribution in [1.82, 2.24) is 5.32 Å². The molecule has 0 aromatic heterocycles. The molecule has 0 aromatic rings. The summed E-state index contributed by atoms with van der Waals surface area (Å²) >= 11 is 0. The fourth-order valence-corrected chi connectivity index (χ4v) is 1.17. The van der Waals surface area contributed by atoms with Gasteiger partial charge in [-0.05, 0) is 20.8 Å². The van der Waals surface area contributed by atoms with Gasteiger partial charge in [-0.3, -0.25) is 4.79 Å². The molecule has 0 saturated carbocycles. The van der Waals surface area contributed by atoms with E-state index >= 15 is 0 Å². The van der Waals surface area contributed by atoms with Crippen molar-refractivity contribution >= 4 is 5.97 Å². The van der Waals surface area contributed by atoms with Crippen molar-refractivity contribution in [2.24, 2.45) is 0 Å². The Bertz CT molecular complexity index is 211.